The molecular formula is C16H23N3O5S. The molecule has 1 aliphatic heterocycles. The molecule has 9 heteroatoms. The monoisotopic (exact) mass is 369 g/mol. The van der Waals surface area contributed by atoms with E-state index < -0.39 is 33.9 Å². The number of aromatic hydroxyl groups is 1. The van der Waals surface area contributed by atoms with Crippen LogP contribution in [0.2, 0.25) is 0 Å². The van der Waals surface area contributed by atoms with Gasteiger partial charge < -0.3 is 21.1 Å². The number of carbonyl (C=O) groups is 2. The lowest BCUT2D eigenvalue weighted by Crippen LogP contribution is -2.52. The van der Waals surface area contributed by atoms with Crippen LogP contribution in [-0.4, -0.2) is 49.1 Å². The van der Waals surface area contributed by atoms with Gasteiger partial charge in [0.05, 0.1) is 11.5 Å². The van der Waals surface area contributed by atoms with Gasteiger partial charge in [0.25, 0.3) is 0 Å². The SMILES string of the molecule is CC(C)[C@H](NC(=O)N[C@H]1CCS(=O)(=O)C1)C(=O)Nc1cccc(O)c1. The molecule has 1 saturated heterocycles. The predicted octanol–water partition coefficient (Wildman–Crippen LogP) is 0.842. The summed E-state index contributed by atoms with van der Waals surface area (Å²) in [4.78, 5) is 24.5. The van der Waals surface area contributed by atoms with Crippen molar-refractivity contribution in [2.45, 2.75) is 32.4 Å². The van der Waals surface area contributed by atoms with Gasteiger partial charge in [-0.2, -0.15) is 0 Å². The summed E-state index contributed by atoms with van der Waals surface area (Å²) in [7, 11) is -3.09. The maximum Gasteiger partial charge on any atom is 0.315 e. The number of sulfone groups is 1. The Bertz CT molecular complexity index is 748. The molecule has 3 amide bonds. The standard InChI is InChI=1S/C16H23N3O5S/c1-10(2)14(15(21)17-11-4-3-5-13(20)8-11)19-16(22)18-12-6-7-25(23,24)9-12/h3-5,8,10,12,14,20H,6-7,9H2,1-2H3,(H,17,21)(H2,18,19,22)/t12-,14-/m0/s1. The summed E-state index contributed by atoms with van der Waals surface area (Å²) in [6, 6.07) is 4.28. The zero-order chi connectivity index (χ0) is 18.6. The molecule has 0 bridgehead atoms. The maximum absolute atomic E-state index is 12.4. The molecule has 0 saturated carbocycles. The van der Waals surface area contributed by atoms with Crippen molar-refractivity contribution in [1.82, 2.24) is 10.6 Å². The number of amides is 3. The van der Waals surface area contributed by atoms with Crippen LogP contribution < -0.4 is 16.0 Å². The second kappa shape index (κ2) is 7.73. The quantitative estimate of drug-likeness (QED) is 0.612. The van der Waals surface area contributed by atoms with E-state index in [1.807, 2.05) is 0 Å². The van der Waals surface area contributed by atoms with Crippen LogP contribution in [0.4, 0.5) is 10.5 Å². The number of phenols is 1. The summed E-state index contributed by atoms with van der Waals surface area (Å²) in [5.74, 6) is -0.608. The Morgan fingerprint density at radius 3 is 2.56 bits per heavy atom. The fourth-order valence-corrected chi connectivity index (χ4v) is 4.29. The average molecular weight is 369 g/mol. The molecule has 2 atom stereocenters. The van der Waals surface area contributed by atoms with Crippen LogP contribution in [0.15, 0.2) is 24.3 Å². The number of benzene rings is 1. The van der Waals surface area contributed by atoms with E-state index in [0.717, 1.165) is 0 Å². The second-order valence-corrected chi connectivity index (χ2v) is 8.71. The summed E-state index contributed by atoms with van der Waals surface area (Å²) in [6.07, 6.45) is 0.373. The Hall–Kier alpha value is -2.29. The fraction of sp³-hybridized carbons (Fsp3) is 0.500. The van der Waals surface area contributed by atoms with Gasteiger partial charge in [-0.15, -0.1) is 0 Å². The van der Waals surface area contributed by atoms with E-state index in [1.54, 1.807) is 26.0 Å². The van der Waals surface area contributed by atoms with Crippen molar-refractivity contribution in [2.75, 3.05) is 16.8 Å². The van der Waals surface area contributed by atoms with E-state index in [4.69, 9.17) is 0 Å². The second-order valence-electron chi connectivity index (χ2n) is 6.48. The highest BCUT2D eigenvalue weighted by molar-refractivity contribution is 7.91. The topological polar surface area (TPSA) is 125 Å². The van der Waals surface area contributed by atoms with Crippen molar-refractivity contribution in [3.63, 3.8) is 0 Å². The van der Waals surface area contributed by atoms with Crippen LogP contribution in [0.1, 0.15) is 20.3 Å². The van der Waals surface area contributed by atoms with Crippen molar-refractivity contribution in [2.24, 2.45) is 5.92 Å². The Labute approximate surface area is 146 Å². The van der Waals surface area contributed by atoms with E-state index in [-0.39, 0.29) is 23.2 Å². The minimum absolute atomic E-state index is 0.0204. The summed E-state index contributed by atoms with van der Waals surface area (Å²) in [6.45, 7) is 3.57. The fourth-order valence-electron chi connectivity index (χ4n) is 2.62. The van der Waals surface area contributed by atoms with Crippen molar-refractivity contribution in [1.29, 1.82) is 0 Å². The number of rotatable bonds is 5. The molecule has 0 spiro atoms. The molecule has 138 valence electrons. The van der Waals surface area contributed by atoms with Crippen LogP contribution in [0.25, 0.3) is 0 Å². The first-order valence-electron chi connectivity index (χ1n) is 8.03. The van der Waals surface area contributed by atoms with E-state index >= 15 is 0 Å². The smallest absolute Gasteiger partial charge is 0.315 e. The number of nitrogens with one attached hydrogen (secondary N) is 3. The zero-order valence-electron chi connectivity index (χ0n) is 14.2. The van der Waals surface area contributed by atoms with Crippen molar-refractivity contribution in [3.05, 3.63) is 24.3 Å². The van der Waals surface area contributed by atoms with Crippen molar-refractivity contribution >= 4 is 27.5 Å². The third-order valence-corrected chi connectivity index (χ3v) is 5.69. The molecule has 0 aliphatic carbocycles. The third kappa shape index (κ3) is 5.63. The van der Waals surface area contributed by atoms with Gasteiger partial charge in [0, 0.05) is 17.8 Å². The number of hydrogen-bond acceptors (Lipinski definition) is 5. The van der Waals surface area contributed by atoms with Gasteiger partial charge in [-0.3, -0.25) is 4.79 Å². The Kier molecular flexibility index (Phi) is 5.89. The molecular weight excluding hydrogens is 346 g/mol. The minimum atomic E-state index is -3.09. The summed E-state index contributed by atoms with van der Waals surface area (Å²) >= 11 is 0. The highest BCUT2D eigenvalue weighted by Crippen LogP contribution is 2.16. The predicted molar refractivity (Wildman–Crippen MR) is 94.1 cm³/mol. The highest BCUT2D eigenvalue weighted by Gasteiger charge is 2.30. The van der Waals surface area contributed by atoms with Gasteiger partial charge in [-0.05, 0) is 24.5 Å². The lowest BCUT2D eigenvalue weighted by atomic mass is 10.0. The molecule has 2 rings (SSSR count). The van der Waals surface area contributed by atoms with Gasteiger partial charge in [0.15, 0.2) is 9.84 Å². The molecule has 1 aliphatic rings. The molecule has 1 aromatic carbocycles. The normalized spacial score (nSPS) is 20.0. The van der Waals surface area contributed by atoms with Gasteiger partial charge in [-0.1, -0.05) is 19.9 Å². The number of hydrogen-bond donors (Lipinski definition) is 4. The van der Waals surface area contributed by atoms with Gasteiger partial charge in [0.1, 0.15) is 11.8 Å². The summed E-state index contributed by atoms with van der Waals surface area (Å²) in [5, 5.41) is 17.3. The van der Waals surface area contributed by atoms with Gasteiger partial charge in [0.2, 0.25) is 5.91 Å². The van der Waals surface area contributed by atoms with E-state index in [2.05, 4.69) is 16.0 Å². The molecule has 4 N–H and O–H groups in total. The largest absolute Gasteiger partial charge is 0.508 e. The van der Waals surface area contributed by atoms with Gasteiger partial charge in [-0.25, -0.2) is 13.2 Å². The number of phenolic OH excluding ortho intramolecular Hbond substituents is 1. The van der Waals surface area contributed by atoms with Crippen molar-refractivity contribution < 1.29 is 23.1 Å². The Morgan fingerprint density at radius 1 is 1.28 bits per heavy atom. The first-order chi connectivity index (χ1) is 11.7. The van der Waals surface area contributed by atoms with E-state index in [1.165, 1.54) is 12.1 Å². The minimum Gasteiger partial charge on any atom is -0.508 e. The third-order valence-electron chi connectivity index (χ3n) is 3.92. The number of urea groups is 1. The molecule has 8 nitrogen and oxygen atoms in total. The first-order valence-corrected chi connectivity index (χ1v) is 9.86. The molecule has 0 aromatic heterocycles. The molecule has 25 heavy (non-hydrogen) atoms. The van der Waals surface area contributed by atoms with Crippen LogP contribution >= 0.6 is 0 Å². The van der Waals surface area contributed by atoms with E-state index in [9.17, 15) is 23.1 Å². The van der Waals surface area contributed by atoms with Crippen LogP contribution in [0, 0.1) is 5.92 Å². The summed E-state index contributed by atoms with van der Waals surface area (Å²) in [5.41, 5.74) is 0.416. The van der Waals surface area contributed by atoms with Crippen LogP contribution in [0.5, 0.6) is 5.75 Å². The molecule has 0 unspecified atom stereocenters. The maximum atomic E-state index is 12.4. The number of anilines is 1. The highest BCUT2D eigenvalue weighted by atomic mass is 32.2. The van der Waals surface area contributed by atoms with Gasteiger partial charge >= 0.3 is 6.03 Å². The lowest BCUT2D eigenvalue weighted by molar-refractivity contribution is -0.118. The Morgan fingerprint density at radius 2 is 2.00 bits per heavy atom. The first kappa shape index (κ1) is 19.0. The number of carbonyl (C=O) groups excluding carboxylic acids is 2. The molecule has 1 heterocycles. The van der Waals surface area contributed by atoms with E-state index in [0.29, 0.717) is 12.1 Å². The van der Waals surface area contributed by atoms with Crippen LogP contribution in [-0.2, 0) is 14.6 Å². The summed E-state index contributed by atoms with van der Waals surface area (Å²) < 4.78 is 22.9. The lowest BCUT2D eigenvalue weighted by Gasteiger charge is -2.23. The molecule has 1 fully saturated rings. The average Bonchev–Trinajstić information content (AvgIpc) is 2.83. The molecule has 0 radical (unpaired) electrons. The Balaban J connectivity index is 1.95. The van der Waals surface area contributed by atoms with Crippen molar-refractivity contribution in [3.8, 4) is 5.75 Å². The zero-order valence-corrected chi connectivity index (χ0v) is 15.0. The molecule has 1 aromatic rings. The van der Waals surface area contributed by atoms with Crippen LogP contribution in [0.3, 0.4) is 0 Å².